The van der Waals surface area contributed by atoms with Gasteiger partial charge in [-0.3, -0.25) is 4.79 Å². The summed E-state index contributed by atoms with van der Waals surface area (Å²) < 4.78 is 9.76. The summed E-state index contributed by atoms with van der Waals surface area (Å²) in [6.07, 6.45) is 14.7. The van der Waals surface area contributed by atoms with Gasteiger partial charge in [0.25, 0.3) is 0 Å². The van der Waals surface area contributed by atoms with E-state index in [1.807, 2.05) is 68.3 Å². The van der Waals surface area contributed by atoms with Crippen LogP contribution in [0.2, 0.25) is 0 Å². The number of piperidine rings is 1. The third-order valence-corrected chi connectivity index (χ3v) is 8.56. The summed E-state index contributed by atoms with van der Waals surface area (Å²) in [7, 11) is 4.01. The van der Waals surface area contributed by atoms with Crippen molar-refractivity contribution >= 4 is 28.6 Å². The number of fused-ring (bicyclic) bond motifs is 4. The van der Waals surface area contributed by atoms with Crippen molar-refractivity contribution in [2.24, 2.45) is 0 Å². The fourth-order valence-corrected chi connectivity index (χ4v) is 6.61. The molecule has 3 atom stereocenters. The van der Waals surface area contributed by atoms with Crippen molar-refractivity contribution in [3.8, 4) is 11.5 Å². The Morgan fingerprint density at radius 2 is 1.79 bits per heavy atom. The summed E-state index contributed by atoms with van der Waals surface area (Å²) in [4.78, 5) is 26.1. The van der Waals surface area contributed by atoms with Gasteiger partial charge in [-0.15, -0.1) is 0 Å². The number of hydrogen-bond donors (Lipinski definition) is 1. The average Bonchev–Trinajstić information content (AvgIpc) is 3.70. The molecule has 0 radical (unpaired) electrons. The van der Waals surface area contributed by atoms with E-state index >= 15 is 0 Å². The molecule has 0 aliphatic carbocycles. The van der Waals surface area contributed by atoms with E-state index in [1.54, 1.807) is 16.9 Å². The van der Waals surface area contributed by atoms with Crippen LogP contribution in [0.4, 0.5) is 11.5 Å². The Bertz CT molecular complexity index is 1810. The number of aromatic nitrogens is 6. The summed E-state index contributed by atoms with van der Waals surface area (Å²) in [5, 5.41) is 12.2. The number of nitrogens with zero attached hydrogens (tertiary/aromatic N) is 8. The topological polar surface area (TPSA) is 105 Å². The number of nitrogens with one attached hydrogen (secondary N) is 1. The minimum atomic E-state index is 0.141. The number of pyridine rings is 1. The van der Waals surface area contributed by atoms with Crippen LogP contribution in [0.15, 0.2) is 73.6 Å². The van der Waals surface area contributed by atoms with Crippen LogP contribution in [-0.4, -0.2) is 77.6 Å². The number of carbonyl (C=O) groups is 1. The number of aryl methyl sites for hydroxylation is 1. The summed E-state index contributed by atoms with van der Waals surface area (Å²) >= 11 is 0. The van der Waals surface area contributed by atoms with E-state index < -0.39 is 0 Å². The molecule has 11 nitrogen and oxygen atoms in total. The Hall–Kier alpha value is -4.77. The highest BCUT2D eigenvalue weighted by atomic mass is 16.5. The molecule has 6 heterocycles. The van der Waals surface area contributed by atoms with E-state index in [0.717, 1.165) is 66.2 Å². The molecule has 2 bridgehead atoms. The maximum absolute atomic E-state index is 13.1. The molecule has 11 heteroatoms. The molecular weight excluding hydrogens is 542 g/mol. The Balaban J connectivity index is 1.09. The Labute approximate surface area is 249 Å². The van der Waals surface area contributed by atoms with E-state index in [4.69, 9.17) is 4.74 Å². The number of likely N-dealkylation sites (N-methyl/N-ethyl adjacent to an activating group) is 1. The first kappa shape index (κ1) is 27.1. The Kier molecular flexibility index (Phi) is 7.02. The van der Waals surface area contributed by atoms with Crippen LogP contribution in [-0.2, 0) is 4.79 Å². The molecule has 0 saturated carbocycles. The molecule has 2 saturated heterocycles. The van der Waals surface area contributed by atoms with Crippen LogP contribution in [0.3, 0.4) is 0 Å². The Morgan fingerprint density at radius 1 is 1.02 bits per heavy atom. The van der Waals surface area contributed by atoms with Crippen LogP contribution in [0.25, 0.3) is 11.2 Å². The summed E-state index contributed by atoms with van der Waals surface area (Å²) in [6.45, 7) is 2.79. The van der Waals surface area contributed by atoms with E-state index in [0.29, 0.717) is 11.7 Å². The highest BCUT2D eigenvalue weighted by Gasteiger charge is 2.43. The van der Waals surface area contributed by atoms with Gasteiger partial charge in [0, 0.05) is 48.9 Å². The lowest BCUT2D eigenvalue weighted by Gasteiger charge is -2.38. The maximum Gasteiger partial charge on any atom is 0.246 e. The third-order valence-electron chi connectivity index (χ3n) is 8.56. The molecule has 1 N–H and O–H groups in total. The molecule has 2 aliphatic rings. The maximum atomic E-state index is 13.1. The highest BCUT2D eigenvalue weighted by Crippen LogP contribution is 2.45. The average molecular weight is 578 g/mol. The van der Waals surface area contributed by atoms with Gasteiger partial charge in [0.1, 0.15) is 29.7 Å². The zero-order chi connectivity index (χ0) is 29.5. The number of anilines is 2. The monoisotopic (exact) mass is 577 g/mol. The van der Waals surface area contributed by atoms with Crippen LogP contribution in [0.5, 0.6) is 11.5 Å². The van der Waals surface area contributed by atoms with Crippen LogP contribution < -0.4 is 10.1 Å². The Morgan fingerprint density at radius 3 is 2.58 bits per heavy atom. The highest BCUT2D eigenvalue weighted by molar-refractivity contribution is 5.88. The zero-order valence-corrected chi connectivity index (χ0v) is 24.6. The van der Waals surface area contributed by atoms with Gasteiger partial charge in [-0.2, -0.15) is 10.2 Å². The molecule has 1 aromatic carbocycles. The van der Waals surface area contributed by atoms with Gasteiger partial charge in [0.05, 0.1) is 0 Å². The van der Waals surface area contributed by atoms with E-state index in [2.05, 4.69) is 47.4 Å². The van der Waals surface area contributed by atoms with Crippen molar-refractivity contribution in [1.82, 2.24) is 39.0 Å². The first-order valence-electron chi connectivity index (χ1n) is 14.7. The molecule has 1 amide bonds. The molecular formula is C32H35N9O2. The lowest BCUT2D eigenvalue weighted by Crippen LogP contribution is -2.45. The number of benzene rings is 1. The van der Waals surface area contributed by atoms with Gasteiger partial charge < -0.3 is 19.9 Å². The minimum Gasteiger partial charge on any atom is -0.457 e. The molecule has 220 valence electrons. The van der Waals surface area contributed by atoms with E-state index in [-0.39, 0.29) is 18.0 Å². The first-order chi connectivity index (χ1) is 20.9. The van der Waals surface area contributed by atoms with Gasteiger partial charge in [-0.25, -0.2) is 19.0 Å². The zero-order valence-electron chi connectivity index (χ0n) is 24.6. The fraction of sp³-hybridized carbons (Fsp3) is 0.344. The molecule has 2 fully saturated rings. The fourth-order valence-electron chi connectivity index (χ4n) is 6.61. The summed E-state index contributed by atoms with van der Waals surface area (Å²) in [5.41, 5.74) is 4.84. The number of hydrogen-bond acceptors (Lipinski definition) is 8. The number of ether oxygens (including phenoxy) is 1. The predicted molar refractivity (Wildman–Crippen MR) is 164 cm³/mol. The normalized spacial score (nSPS) is 20.1. The second-order valence-corrected chi connectivity index (χ2v) is 11.8. The first-order valence-corrected chi connectivity index (χ1v) is 14.7. The van der Waals surface area contributed by atoms with Gasteiger partial charge in [-0.05, 0) is 94.1 Å². The number of amides is 1. The summed E-state index contributed by atoms with van der Waals surface area (Å²) in [5.74, 6) is 2.70. The van der Waals surface area contributed by atoms with Crippen LogP contribution in [0.1, 0.15) is 42.7 Å². The molecule has 0 spiro atoms. The van der Waals surface area contributed by atoms with E-state index in [1.165, 1.54) is 11.9 Å². The van der Waals surface area contributed by atoms with Crippen molar-refractivity contribution in [3.05, 3.63) is 84.7 Å². The van der Waals surface area contributed by atoms with Gasteiger partial charge >= 0.3 is 0 Å². The molecule has 1 unspecified atom stereocenters. The van der Waals surface area contributed by atoms with Crippen molar-refractivity contribution in [3.63, 3.8) is 0 Å². The molecule has 5 aromatic rings. The molecule has 4 aromatic heterocycles. The third kappa shape index (κ3) is 5.32. The molecule has 43 heavy (non-hydrogen) atoms. The number of carbonyl (C=O) groups excluding carboxylic acids is 1. The van der Waals surface area contributed by atoms with Gasteiger partial charge in [0.2, 0.25) is 5.91 Å². The van der Waals surface area contributed by atoms with Crippen molar-refractivity contribution < 1.29 is 9.53 Å². The quantitative estimate of drug-likeness (QED) is 0.258. The largest absolute Gasteiger partial charge is 0.457 e. The predicted octanol–water partition coefficient (Wildman–Crippen LogP) is 4.97. The minimum absolute atomic E-state index is 0.141. The lowest BCUT2D eigenvalue weighted by atomic mass is 9.85. The molecule has 7 rings (SSSR count). The second-order valence-electron chi connectivity index (χ2n) is 11.8. The second kappa shape index (κ2) is 11.1. The van der Waals surface area contributed by atoms with Crippen molar-refractivity contribution in [1.29, 1.82) is 0 Å². The van der Waals surface area contributed by atoms with Crippen molar-refractivity contribution in [2.75, 3.05) is 26.0 Å². The van der Waals surface area contributed by atoms with Gasteiger partial charge in [0.15, 0.2) is 11.5 Å². The lowest BCUT2D eigenvalue weighted by molar-refractivity contribution is -0.130. The standard InChI is InChI=1S/C32H35N9O2/c1-21-15-23(6-9-28(21)43-26-10-13-39-29(18-26)33-19-35-39)37-32-31-27(11-14-40(31)36-20-34-32)22-16-24-7-8-25(17-22)41(24)30(42)5-4-12-38(2)3/h4-6,9-11,13-15,18-20,22,24-25H,7-8,12,16-17H2,1-3H3,(H,34,36,37)/b5-4+/t22?,24-,25+. The number of rotatable bonds is 8. The SMILES string of the molecule is Cc1cc(Nc2ncnn3ccc(C4C[C@H]5CC[C@@H](C4)N5C(=O)/C=C/CN(C)C)c23)ccc1Oc1ccn2ncnc2c1. The molecule has 2 aliphatic heterocycles. The van der Waals surface area contributed by atoms with Crippen LogP contribution in [0, 0.1) is 6.92 Å². The van der Waals surface area contributed by atoms with Gasteiger partial charge in [-0.1, -0.05) is 6.08 Å². The summed E-state index contributed by atoms with van der Waals surface area (Å²) in [6, 6.07) is 12.4. The van der Waals surface area contributed by atoms with E-state index in [9.17, 15) is 4.79 Å². The van der Waals surface area contributed by atoms with Crippen molar-refractivity contribution in [2.45, 2.75) is 50.6 Å². The smallest absolute Gasteiger partial charge is 0.246 e. The van der Waals surface area contributed by atoms with Crippen LogP contribution >= 0.6 is 0 Å².